The number of halogens is 5. The summed E-state index contributed by atoms with van der Waals surface area (Å²) in [7, 11) is -4.16. The molecule has 0 aromatic heterocycles. The van der Waals surface area contributed by atoms with Crippen molar-refractivity contribution in [1.29, 1.82) is 0 Å². The lowest BCUT2D eigenvalue weighted by Gasteiger charge is -2.16. The third-order valence-electron chi connectivity index (χ3n) is 1.97. The Balaban J connectivity index is 2.88. The molecular weight excluding hydrogens is 297 g/mol. The molecule has 1 aromatic rings. The maximum atomic E-state index is 13.3. The Labute approximate surface area is 105 Å². The minimum Gasteiger partial charge on any atom is -0.484 e. The van der Waals surface area contributed by atoms with Gasteiger partial charge in [0.1, 0.15) is 0 Å². The van der Waals surface area contributed by atoms with Gasteiger partial charge in [0.15, 0.2) is 18.2 Å². The Bertz CT molecular complexity index is 561. The molecule has 0 bridgehead atoms. The van der Waals surface area contributed by atoms with E-state index in [4.69, 9.17) is 5.14 Å². The SMILES string of the molecule is NS(=O)(=O)c1ccc(OCC(F)(F)C(F)F)c(F)c1. The third-order valence-corrected chi connectivity index (χ3v) is 2.88. The van der Waals surface area contributed by atoms with Crippen LogP contribution in [0.15, 0.2) is 23.1 Å². The summed E-state index contributed by atoms with van der Waals surface area (Å²) < 4.78 is 87.8. The van der Waals surface area contributed by atoms with Gasteiger partial charge in [-0.2, -0.15) is 8.78 Å². The molecule has 0 saturated heterocycles. The number of nitrogens with two attached hydrogens (primary N) is 1. The lowest BCUT2D eigenvalue weighted by atomic mass is 10.3. The fourth-order valence-corrected chi connectivity index (χ4v) is 1.54. The summed E-state index contributed by atoms with van der Waals surface area (Å²) in [5.41, 5.74) is 0. The van der Waals surface area contributed by atoms with Gasteiger partial charge < -0.3 is 4.74 Å². The van der Waals surface area contributed by atoms with Crippen LogP contribution >= 0.6 is 0 Å². The summed E-state index contributed by atoms with van der Waals surface area (Å²) in [5, 5.41) is 4.70. The van der Waals surface area contributed by atoms with Gasteiger partial charge in [-0.25, -0.2) is 26.7 Å². The van der Waals surface area contributed by atoms with Gasteiger partial charge in [-0.15, -0.1) is 0 Å². The zero-order chi connectivity index (χ0) is 14.8. The molecule has 0 spiro atoms. The van der Waals surface area contributed by atoms with Crippen LogP contribution in [0.1, 0.15) is 0 Å². The molecule has 0 saturated carbocycles. The molecule has 0 atom stereocenters. The van der Waals surface area contributed by atoms with Gasteiger partial charge >= 0.3 is 12.3 Å². The van der Waals surface area contributed by atoms with Crippen molar-refractivity contribution in [1.82, 2.24) is 0 Å². The summed E-state index contributed by atoms with van der Waals surface area (Å²) in [6.45, 7) is -1.74. The molecule has 0 aliphatic heterocycles. The number of primary sulfonamides is 1. The fraction of sp³-hybridized carbons (Fsp3) is 0.333. The smallest absolute Gasteiger partial charge is 0.340 e. The molecule has 0 aliphatic carbocycles. The van der Waals surface area contributed by atoms with E-state index in [0.29, 0.717) is 12.1 Å². The lowest BCUT2D eigenvalue weighted by Crippen LogP contribution is -2.33. The van der Waals surface area contributed by atoms with E-state index in [0.717, 1.165) is 6.07 Å². The monoisotopic (exact) mass is 305 g/mol. The Morgan fingerprint density at radius 3 is 2.32 bits per heavy atom. The molecule has 0 amide bonds. The van der Waals surface area contributed by atoms with Gasteiger partial charge in [-0.1, -0.05) is 0 Å². The van der Waals surface area contributed by atoms with Gasteiger partial charge in [0.05, 0.1) is 4.90 Å². The van der Waals surface area contributed by atoms with Crippen LogP contribution in [0.2, 0.25) is 0 Å². The molecule has 0 aliphatic rings. The van der Waals surface area contributed by atoms with Crippen LogP contribution in [0.5, 0.6) is 5.75 Å². The first-order valence-corrected chi connectivity index (χ1v) is 6.20. The molecule has 4 nitrogen and oxygen atoms in total. The van der Waals surface area contributed by atoms with Crippen molar-refractivity contribution in [3.63, 3.8) is 0 Å². The van der Waals surface area contributed by atoms with E-state index in [1.807, 2.05) is 0 Å². The van der Waals surface area contributed by atoms with Crippen LogP contribution < -0.4 is 9.88 Å². The van der Waals surface area contributed by atoms with Gasteiger partial charge in [-0.3, -0.25) is 0 Å². The topological polar surface area (TPSA) is 69.4 Å². The van der Waals surface area contributed by atoms with E-state index in [1.165, 1.54) is 0 Å². The Morgan fingerprint density at radius 2 is 1.89 bits per heavy atom. The van der Waals surface area contributed by atoms with Gasteiger partial charge in [0, 0.05) is 0 Å². The molecule has 108 valence electrons. The Hall–Kier alpha value is -1.42. The molecular formula is C9H8F5NO3S. The van der Waals surface area contributed by atoms with E-state index in [-0.39, 0.29) is 0 Å². The quantitative estimate of drug-likeness (QED) is 0.843. The number of benzene rings is 1. The summed E-state index contributed by atoms with van der Waals surface area (Å²) >= 11 is 0. The second kappa shape index (κ2) is 5.29. The number of alkyl halides is 4. The number of hydrogen-bond donors (Lipinski definition) is 1. The summed E-state index contributed by atoms with van der Waals surface area (Å²) in [6.07, 6.45) is -3.96. The highest BCUT2D eigenvalue weighted by Gasteiger charge is 2.41. The predicted octanol–water partition coefficient (Wildman–Crippen LogP) is 1.75. The Kier molecular flexibility index (Phi) is 4.35. The zero-order valence-electron chi connectivity index (χ0n) is 9.12. The van der Waals surface area contributed by atoms with Crippen molar-refractivity contribution < 1.29 is 35.1 Å². The van der Waals surface area contributed by atoms with Crippen molar-refractivity contribution in [2.45, 2.75) is 17.2 Å². The molecule has 19 heavy (non-hydrogen) atoms. The van der Waals surface area contributed by atoms with Crippen LogP contribution in [0.4, 0.5) is 22.0 Å². The van der Waals surface area contributed by atoms with Gasteiger partial charge in [-0.05, 0) is 18.2 Å². The summed E-state index contributed by atoms with van der Waals surface area (Å²) in [5.74, 6) is -6.53. The minimum absolute atomic E-state index is 0.436. The first-order chi connectivity index (χ1) is 8.54. The average Bonchev–Trinajstić information content (AvgIpc) is 2.25. The van der Waals surface area contributed by atoms with Crippen molar-refractivity contribution in [2.24, 2.45) is 5.14 Å². The molecule has 0 unspecified atom stereocenters. The fourth-order valence-electron chi connectivity index (χ4n) is 1.01. The van der Waals surface area contributed by atoms with E-state index in [9.17, 15) is 30.4 Å². The van der Waals surface area contributed by atoms with Crippen LogP contribution in [-0.2, 0) is 10.0 Å². The van der Waals surface area contributed by atoms with E-state index >= 15 is 0 Å². The van der Waals surface area contributed by atoms with Crippen LogP contribution in [0.3, 0.4) is 0 Å². The van der Waals surface area contributed by atoms with Crippen molar-refractivity contribution in [3.8, 4) is 5.75 Å². The van der Waals surface area contributed by atoms with Crippen molar-refractivity contribution in [2.75, 3.05) is 6.61 Å². The first kappa shape index (κ1) is 15.6. The standard InChI is InChI=1S/C9H8F5NO3S/c10-6-3-5(19(15,16)17)1-2-7(6)18-4-9(13,14)8(11)12/h1-3,8H,4H2,(H2,15,16,17). The summed E-state index contributed by atoms with van der Waals surface area (Å²) in [4.78, 5) is -0.599. The molecule has 0 heterocycles. The maximum Gasteiger partial charge on any atom is 0.340 e. The minimum atomic E-state index is -4.44. The number of sulfonamides is 1. The first-order valence-electron chi connectivity index (χ1n) is 4.65. The van der Waals surface area contributed by atoms with E-state index in [2.05, 4.69) is 4.74 Å². The predicted molar refractivity (Wildman–Crippen MR) is 54.2 cm³/mol. The van der Waals surface area contributed by atoms with Crippen molar-refractivity contribution in [3.05, 3.63) is 24.0 Å². The van der Waals surface area contributed by atoms with E-state index < -0.39 is 45.4 Å². The van der Waals surface area contributed by atoms with Crippen LogP contribution in [-0.4, -0.2) is 27.4 Å². The second-order valence-corrected chi connectivity index (χ2v) is 5.05. The van der Waals surface area contributed by atoms with Gasteiger partial charge in [0.25, 0.3) is 0 Å². The highest BCUT2D eigenvalue weighted by molar-refractivity contribution is 7.89. The maximum absolute atomic E-state index is 13.3. The van der Waals surface area contributed by atoms with Crippen molar-refractivity contribution >= 4 is 10.0 Å². The summed E-state index contributed by atoms with van der Waals surface area (Å²) in [6, 6.07) is 1.94. The second-order valence-electron chi connectivity index (χ2n) is 3.49. The largest absolute Gasteiger partial charge is 0.484 e. The van der Waals surface area contributed by atoms with Crippen LogP contribution in [0, 0.1) is 5.82 Å². The number of rotatable bonds is 5. The van der Waals surface area contributed by atoms with Crippen LogP contribution in [0.25, 0.3) is 0 Å². The normalized spacial score (nSPS) is 12.8. The third kappa shape index (κ3) is 4.03. The molecule has 0 radical (unpaired) electrons. The average molecular weight is 305 g/mol. The molecule has 1 rings (SSSR count). The highest BCUT2D eigenvalue weighted by Crippen LogP contribution is 2.26. The molecule has 1 aromatic carbocycles. The van der Waals surface area contributed by atoms with Gasteiger partial charge in [0.2, 0.25) is 10.0 Å². The number of ether oxygens (including phenoxy) is 1. The molecule has 2 N–H and O–H groups in total. The molecule has 10 heteroatoms. The molecule has 0 fully saturated rings. The van der Waals surface area contributed by atoms with E-state index in [1.54, 1.807) is 0 Å². The lowest BCUT2D eigenvalue weighted by molar-refractivity contribution is -0.148. The number of hydrogen-bond acceptors (Lipinski definition) is 3. The zero-order valence-corrected chi connectivity index (χ0v) is 9.93. The Morgan fingerprint density at radius 1 is 1.32 bits per heavy atom. The highest BCUT2D eigenvalue weighted by atomic mass is 32.2.